The highest BCUT2D eigenvalue weighted by molar-refractivity contribution is 6.31. The third kappa shape index (κ3) is 2.35. The van der Waals surface area contributed by atoms with Crippen LogP contribution in [0.2, 0.25) is 10.2 Å². The summed E-state index contributed by atoms with van der Waals surface area (Å²) < 4.78 is 5.57. The normalized spacial score (nSPS) is 12.4. The van der Waals surface area contributed by atoms with E-state index in [0.29, 0.717) is 29.1 Å². The molecule has 0 fully saturated rings. The summed E-state index contributed by atoms with van der Waals surface area (Å²) in [6.07, 6.45) is 5.32. The van der Waals surface area contributed by atoms with Gasteiger partial charge in [-0.3, -0.25) is 9.25 Å². The summed E-state index contributed by atoms with van der Waals surface area (Å²) in [6, 6.07) is 7.54. The van der Waals surface area contributed by atoms with Gasteiger partial charge in [0, 0.05) is 23.0 Å². The van der Waals surface area contributed by atoms with Crippen LogP contribution in [0.3, 0.4) is 0 Å². The summed E-state index contributed by atoms with van der Waals surface area (Å²) in [4.78, 5) is 8.94. The topological polar surface area (TPSA) is 66.3 Å². The minimum Gasteiger partial charge on any atom is -0.299 e. The second kappa shape index (κ2) is 5.44. The molecule has 1 aliphatic heterocycles. The van der Waals surface area contributed by atoms with Gasteiger partial charge in [0.05, 0.1) is 17.9 Å². The van der Waals surface area contributed by atoms with Crippen LogP contribution in [-0.2, 0) is 13.1 Å². The van der Waals surface area contributed by atoms with Crippen molar-refractivity contribution in [1.82, 2.24) is 34.1 Å². The zero-order chi connectivity index (χ0) is 17.0. The summed E-state index contributed by atoms with van der Waals surface area (Å²) in [5.41, 5.74) is 2.68. The van der Waals surface area contributed by atoms with Crippen LogP contribution in [0.4, 0.5) is 0 Å². The molecule has 7 nitrogen and oxygen atoms in total. The van der Waals surface area contributed by atoms with E-state index in [0.717, 1.165) is 22.8 Å². The van der Waals surface area contributed by atoms with Gasteiger partial charge < -0.3 is 0 Å². The Balaban J connectivity index is 1.70. The second-order valence-corrected chi connectivity index (χ2v) is 6.52. The molecule has 0 N–H and O–H groups in total. The van der Waals surface area contributed by atoms with Crippen LogP contribution in [0.1, 0.15) is 11.5 Å². The molecule has 9 heteroatoms. The first-order valence-corrected chi connectivity index (χ1v) is 8.38. The first kappa shape index (κ1) is 14.7. The lowest BCUT2D eigenvalue weighted by Gasteiger charge is -2.08. The van der Waals surface area contributed by atoms with Crippen molar-refractivity contribution in [3.05, 3.63) is 64.7 Å². The summed E-state index contributed by atoms with van der Waals surface area (Å²) in [6.45, 7) is 0.975. The van der Waals surface area contributed by atoms with E-state index in [1.165, 1.54) is 0 Å². The number of hydrogen-bond donors (Lipinski definition) is 0. The Bertz CT molecular complexity index is 1080. The number of rotatable bonds is 2. The summed E-state index contributed by atoms with van der Waals surface area (Å²) in [5.74, 6) is 1.42. The maximum atomic E-state index is 6.28. The van der Waals surface area contributed by atoms with E-state index in [9.17, 15) is 0 Å². The highest BCUT2D eigenvalue weighted by Gasteiger charge is 2.24. The van der Waals surface area contributed by atoms with Crippen molar-refractivity contribution >= 4 is 23.2 Å². The van der Waals surface area contributed by atoms with Crippen LogP contribution in [0, 0.1) is 0 Å². The van der Waals surface area contributed by atoms with Gasteiger partial charge in [0.25, 0.3) is 0 Å². The van der Waals surface area contributed by atoms with Crippen LogP contribution < -0.4 is 0 Å². The Morgan fingerprint density at radius 1 is 1.20 bits per heavy atom. The molecule has 0 unspecified atom stereocenters. The van der Waals surface area contributed by atoms with Gasteiger partial charge in [-0.1, -0.05) is 23.2 Å². The summed E-state index contributed by atoms with van der Waals surface area (Å²) >= 11 is 12.5. The number of hydrogen-bond acceptors (Lipinski definition) is 4. The maximum Gasteiger partial charge on any atom is 0.172 e. The Hall–Kier alpha value is -2.64. The average Bonchev–Trinajstić information content (AvgIpc) is 3.30. The Morgan fingerprint density at radius 2 is 2.12 bits per heavy atom. The molecular formula is C16H11Cl2N7. The minimum absolute atomic E-state index is 0.456. The van der Waals surface area contributed by atoms with Gasteiger partial charge in [0.15, 0.2) is 16.8 Å². The van der Waals surface area contributed by atoms with Crippen molar-refractivity contribution in [3.63, 3.8) is 0 Å². The summed E-state index contributed by atoms with van der Waals surface area (Å²) in [7, 11) is 0. The molecule has 25 heavy (non-hydrogen) atoms. The molecule has 0 aliphatic carbocycles. The highest BCUT2D eigenvalue weighted by Crippen LogP contribution is 2.34. The molecule has 1 aromatic carbocycles. The predicted molar refractivity (Wildman–Crippen MR) is 93.0 cm³/mol. The first-order valence-electron chi connectivity index (χ1n) is 7.62. The van der Waals surface area contributed by atoms with Gasteiger partial charge in [-0.25, -0.2) is 14.6 Å². The number of halogens is 2. The minimum atomic E-state index is 0.456. The fourth-order valence-corrected chi connectivity index (χ4v) is 3.41. The molecule has 1 aliphatic rings. The largest absolute Gasteiger partial charge is 0.299 e. The molecule has 4 aromatic rings. The standard InChI is InChI=1S/C16H11Cl2N7/c17-10-2-3-12-11(6-10)16-21-14(8-23-5-1-4-20-23)22-25(16)7-13-15(18)19-9-24(12)13/h1-6,9H,7-8H2. The fourth-order valence-electron chi connectivity index (χ4n) is 3.04. The highest BCUT2D eigenvalue weighted by atomic mass is 35.5. The number of imidazole rings is 1. The lowest BCUT2D eigenvalue weighted by atomic mass is 10.1. The van der Waals surface area contributed by atoms with E-state index in [-0.39, 0.29) is 0 Å². The zero-order valence-corrected chi connectivity index (χ0v) is 14.4. The van der Waals surface area contributed by atoms with Crippen LogP contribution in [0.15, 0.2) is 43.0 Å². The molecule has 0 amide bonds. The van der Waals surface area contributed by atoms with Gasteiger partial charge in [-0.05, 0) is 24.3 Å². The number of aromatic nitrogens is 7. The van der Waals surface area contributed by atoms with Gasteiger partial charge in [0.2, 0.25) is 0 Å². The van der Waals surface area contributed by atoms with E-state index in [1.54, 1.807) is 17.2 Å². The van der Waals surface area contributed by atoms with E-state index in [4.69, 9.17) is 28.2 Å². The molecular weight excluding hydrogens is 361 g/mol. The monoisotopic (exact) mass is 371 g/mol. The molecule has 4 heterocycles. The smallest absolute Gasteiger partial charge is 0.172 e. The van der Waals surface area contributed by atoms with Gasteiger partial charge in [-0.2, -0.15) is 10.2 Å². The van der Waals surface area contributed by atoms with Crippen LogP contribution in [-0.4, -0.2) is 34.1 Å². The second-order valence-electron chi connectivity index (χ2n) is 5.73. The SMILES string of the molecule is Clc1ccc2c(c1)-c1nc(Cn3cccn3)nn1Cc1c(Cl)ncn1-2. The quantitative estimate of drug-likeness (QED) is 0.478. The van der Waals surface area contributed by atoms with E-state index in [2.05, 4.69) is 15.2 Å². The zero-order valence-electron chi connectivity index (χ0n) is 12.8. The number of fused-ring (bicyclic) bond motifs is 5. The van der Waals surface area contributed by atoms with Crippen molar-refractivity contribution in [2.75, 3.05) is 0 Å². The molecule has 0 spiro atoms. The van der Waals surface area contributed by atoms with Crippen LogP contribution >= 0.6 is 23.2 Å². The third-order valence-electron chi connectivity index (χ3n) is 4.15. The fraction of sp³-hybridized carbons (Fsp3) is 0.125. The molecule has 0 saturated heterocycles. The molecule has 124 valence electrons. The average molecular weight is 372 g/mol. The first-order chi connectivity index (χ1) is 12.2. The predicted octanol–water partition coefficient (Wildman–Crippen LogP) is 3.04. The lowest BCUT2D eigenvalue weighted by Crippen LogP contribution is -2.07. The Kier molecular flexibility index (Phi) is 3.19. The summed E-state index contributed by atoms with van der Waals surface area (Å²) in [5, 5.41) is 9.94. The van der Waals surface area contributed by atoms with Crippen molar-refractivity contribution in [3.8, 4) is 17.1 Å². The molecule has 5 rings (SSSR count). The number of nitrogens with zero attached hydrogens (tertiary/aromatic N) is 7. The molecule has 0 radical (unpaired) electrons. The molecule has 0 atom stereocenters. The van der Waals surface area contributed by atoms with Gasteiger partial charge in [-0.15, -0.1) is 0 Å². The van der Waals surface area contributed by atoms with Gasteiger partial charge in [0.1, 0.15) is 12.9 Å². The number of benzene rings is 1. The van der Waals surface area contributed by atoms with Crippen molar-refractivity contribution in [2.24, 2.45) is 0 Å². The van der Waals surface area contributed by atoms with E-state index < -0.39 is 0 Å². The van der Waals surface area contributed by atoms with E-state index >= 15 is 0 Å². The van der Waals surface area contributed by atoms with Crippen molar-refractivity contribution in [1.29, 1.82) is 0 Å². The van der Waals surface area contributed by atoms with Crippen molar-refractivity contribution < 1.29 is 0 Å². The Labute approximate surface area is 152 Å². The maximum absolute atomic E-state index is 6.28. The Morgan fingerprint density at radius 3 is 2.96 bits per heavy atom. The van der Waals surface area contributed by atoms with Crippen LogP contribution in [0.5, 0.6) is 0 Å². The molecule has 3 aromatic heterocycles. The lowest BCUT2D eigenvalue weighted by molar-refractivity contribution is 0.622. The van der Waals surface area contributed by atoms with Crippen LogP contribution in [0.25, 0.3) is 17.1 Å². The molecule has 0 saturated carbocycles. The third-order valence-corrected chi connectivity index (χ3v) is 4.70. The van der Waals surface area contributed by atoms with Gasteiger partial charge >= 0.3 is 0 Å². The molecule has 0 bridgehead atoms. The van der Waals surface area contributed by atoms with Crippen molar-refractivity contribution in [2.45, 2.75) is 13.1 Å². The van der Waals surface area contributed by atoms with E-state index in [1.807, 2.05) is 39.7 Å².